The summed E-state index contributed by atoms with van der Waals surface area (Å²) >= 11 is 12.7. The lowest BCUT2D eigenvalue weighted by Crippen LogP contribution is -2.33. The summed E-state index contributed by atoms with van der Waals surface area (Å²) in [6.45, 7) is 4.14. The molecule has 0 unspecified atom stereocenters. The van der Waals surface area contributed by atoms with Gasteiger partial charge >= 0.3 is 0 Å². The number of thiophene rings is 1. The number of sulfonamides is 1. The molecule has 0 saturated heterocycles. The molecule has 0 fully saturated rings. The molecule has 0 aliphatic carbocycles. The van der Waals surface area contributed by atoms with Crippen LogP contribution >= 0.6 is 34.5 Å². The molecule has 17 heavy (non-hydrogen) atoms. The molecule has 3 nitrogen and oxygen atoms in total. The molecule has 1 rings (SSSR count). The predicted octanol–water partition coefficient (Wildman–Crippen LogP) is 2.96. The standard InChI is InChI=1S/C10H13Cl2NO2S2/c1-2-6-13(17(14,15)7-5-11)8-9-3-4-10(12)16-9/h2-4H,1,5-8H2. The number of rotatable bonds is 7. The van der Waals surface area contributed by atoms with Crippen LogP contribution in [0.4, 0.5) is 0 Å². The molecule has 0 radical (unpaired) electrons. The smallest absolute Gasteiger partial charge is 0.212 e. The van der Waals surface area contributed by atoms with E-state index in [0.29, 0.717) is 10.9 Å². The van der Waals surface area contributed by atoms with E-state index in [9.17, 15) is 8.42 Å². The molecule has 96 valence electrons. The Bertz CT molecular complexity index is 470. The molecule has 1 aromatic rings. The molecule has 0 spiro atoms. The first-order chi connectivity index (χ1) is 7.99. The Balaban J connectivity index is 2.83. The summed E-state index contributed by atoms with van der Waals surface area (Å²) in [4.78, 5) is 0.898. The largest absolute Gasteiger partial charge is 0.215 e. The van der Waals surface area contributed by atoms with Crippen molar-refractivity contribution in [3.63, 3.8) is 0 Å². The minimum absolute atomic E-state index is 0.0680. The van der Waals surface area contributed by atoms with Crippen LogP contribution in [0, 0.1) is 0 Å². The van der Waals surface area contributed by atoms with E-state index in [1.54, 1.807) is 12.1 Å². The van der Waals surface area contributed by atoms with Crippen LogP contribution in [0.2, 0.25) is 4.34 Å². The second-order valence-electron chi connectivity index (χ2n) is 3.29. The summed E-state index contributed by atoms with van der Waals surface area (Å²) in [5, 5.41) is 0. The van der Waals surface area contributed by atoms with E-state index in [1.807, 2.05) is 6.07 Å². The molecule has 1 heterocycles. The lowest BCUT2D eigenvalue weighted by atomic mass is 10.4. The average molecular weight is 314 g/mol. The van der Waals surface area contributed by atoms with Crippen molar-refractivity contribution < 1.29 is 8.42 Å². The molecule has 0 aliphatic heterocycles. The number of hydrogen-bond acceptors (Lipinski definition) is 3. The first kappa shape index (κ1) is 15.0. The van der Waals surface area contributed by atoms with Gasteiger partial charge in [-0.25, -0.2) is 8.42 Å². The topological polar surface area (TPSA) is 37.4 Å². The molecule has 0 amide bonds. The molecule has 0 aromatic carbocycles. The van der Waals surface area contributed by atoms with Gasteiger partial charge in [0.25, 0.3) is 0 Å². The Morgan fingerprint density at radius 2 is 2.18 bits per heavy atom. The maximum atomic E-state index is 11.9. The number of hydrogen-bond donors (Lipinski definition) is 0. The lowest BCUT2D eigenvalue weighted by Gasteiger charge is -2.19. The van der Waals surface area contributed by atoms with Crippen molar-refractivity contribution in [2.24, 2.45) is 0 Å². The van der Waals surface area contributed by atoms with E-state index in [2.05, 4.69) is 6.58 Å². The van der Waals surface area contributed by atoms with E-state index >= 15 is 0 Å². The summed E-state index contributed by atoms with van der Waals surface area (Å²) in [5.74, 6) is 0.0165. The third-order valence-corrected chi connectivity index (χ3v) is 5.44. The number of halogens is 2. The molecule has 7 heteroatoms. The summed E-state index contributed by atoms with van der Waals surface area (Å²) in [6, 6.07) is 3.57. The van der Waals surface area contributed by atoms with Crippen LogP contribution in [0.1, 0.15) is 4.88 Å². The zero-order chi connectivity index (χ0) is 12.9. The van der Waals surface area contributed by atoms with E-state index in [0.717, 1.165) is 4.88 Å². The number of alkyl halides is 1. The molecular weight excluding hydrogens is 301 g/mol. The van der Waals surface area contributed by atoms with Crippen molar-refractivity contribution in [2.45, 2.75) is 6.54 Å². The van der Waals surface area contributed by atoms with Crippen molar-refractivity contribution in [3.8, 4) is 0 Å². The van der Waals surface area contributed by atoms with Crippen LogP contribution in [0.25, 0.3) is 0 Å². The van der Waals surface area contributed by atoms with E-state index in [4.69, 9.17) is 23.2 Å². The van der Waals surface area contributed by atoms with E-state index in [-0.39, 0.29) is 18.2 Å². The highest BCUT2D eigenvalue weighted by Gasteiger charge is 2.20. The molecule has 0 bridgehead atoms. The fraction of sp³-hybridized carbons (Fsp3) is 0.400. The van der Waals surface area contributed by atoms with Gasteiger partial charge in [-0.05, 0) is 12.1 Å². The Morgan fingerprint density at radius 1 is 1.47 bits per heavy atom. The van der Waals surface area contributed by atoms with E-state index in [1.165, 1.54) is 15.6 Å². The highest BCUT2D eigenvalue weighted by molar-refractivity contribution is 7.89. The Morgan fingerprint density at radius 3 is 2.65 bits per heavy atom. The SMILES string of the molecule is C=CCN(Cc1ccc(Cl)s1)S(=O)(=O)CCCl. The molecule has 0 saturated carbocycles. The zero-order valence-corrected chi connectivity index (χ0v) is 12.2. The summed E-state index contributed by atoms with van der Waals surface area (Å²) < 4.78 is 25.8. The van der Waals surface area contributed by atoms with Gasteiger partial charge in [0.1, 0.15) is 0 Å². The van der Waals surface area contributed by atoms with Gasteiger partial charge in [-0.15, -0.1) is 29.5 Å². The van der Waals surface area contributed by atoms with Crippen molar-refractivity contribution >= 4 is 44.6 Å². The van der Waals surface area contributed by atoms with Crippen molar-refractivity contribution in [1.82, 2.24) is 4.31 Å². The molecule has 0 aliphatic rings. The van der Waals surface area contributed by atoms with Crippen LogP contribution < -0.4 is 0 Å². The summed E-state index contributed by atoms with van der Waals surface area (Å²) in [6.07, 6.45) is 1.56. The Kier molecular flexibility index (Phi) is 5.95. The third kappa shape index (κ3) is 4.60. The maximum absolute atomic E-state index is 11.9. The van der Waals surface area contributed by atoms with Gasteiger partial charge < -0.3 is 0 Å². The van der Waals surface area contributed by atoms with Crippen LogP contribution in [-0.2, 0) is 16.6 Å². The van der Waals surface area contributed by atoms with Crippen LogP contribution in [-0.4, -0.2) is 30.9 Å². The molecular formula is C10H13Cl2NO2S2. The fourth-order valence-corrected chi connectivity index (χ4v) is 4.15. The van der Waals surface area contributed by atoms with Gasteiger partial charge in [0.05, 0.1) is 10.1 Å². The minimum Gasteiger partial charge on any atom is -0.212 e. The van der Waals surface area contributed by atoms with Crippen LogP contribution in [0.3, 0.4) is 0 Å². The Hall–Kier alpha value is -0.0700. The van der Waals surface area contributed by atoms with Crippen LogP contribution in [0.15, 0.2) is 24.8 Å². The van der Waals surface area contributed by atoms with Crippen molar-refractivity contribution in [2.75, 3.05) is 18.2 Å². The maximum Gasteiger partial charge on any atom is 0.215 e. The lowest BCUT2D eigenvalue weighted by molar-refractivity contribution is 0.442. The quantitative estimate of drug-likeness (QED) is 0.573. The van der Waals surface area contributed by atoms with Gasteiger partial charge in [0.2, 0.25) is 10.0 Å². The number of nitrogens with zero attached hydrogens (tertiary/aromatic N) is 1. The molecule has 0 N–H and O–H groups in total. The van der Waals surface area contributed by atoms with Gasteiger partial charge in [-0.2, -0.15) is 4.31 Å². The van der Waals surface area contributed by atoms with Gasteiger partial charge in [-0.1, -0.05) is 17.7 Å². The second-order valence-corrected chi connectivity index (χ2v) is 7.56. The monoisotopic (exact) mass is 313 g/mol. The van der Waals surface area contributed by atoms with Crippen LogP contribution in [0.5, 0.6) is 0 Å². The second kappa shape index (κ2) is 6.75. The molecule has 1 aromatic heterocycles. The van der Waals surface area contributed by atoms with Crippen molar-refractivity contribution in [3.05, 3.63) is 34.0 Å². The fourth-order valence-electron chi connectivity index (χ4n) is 1.26. The van der Waals surface area contributed by atoms with Gasteiger partial charge in [0, 0.05) is 23.8 Å². The van der Waals surface area contributed by atoms with E-state index < -0.39 is 10.0 Å². The van der Waals surface area contributed by atoms with Gasteiger partial charge in [-0.3, -0.25) is 0 Å². The first-order valence-corrected chi connectivity index (χ1v) is 8.22. The minimum atomic E-state index is -3.33. The van der Waals surface area contributed by atoms with Crippen molar-refractivity contribution in [1.29, 1.82) is 0 Å². The first-order valence-electron chi connectivity index (χ1n) is 4.88. The average Bonchev–Trinajstić information content (AvgIpc) is 2.63. The summed E-state index contributed by atoms with van der Waals surface area (Å²) in [7, 11) is -3.33. The Labute approximate surface area is 116 Å². The van der Waals surface area contributed by atoms with Gasteiger partial charge in [0.15, 0.2) is 0 Å². The predicted molar refractivity (Wildman–Crippen MR) is 74.4 cm³/mol. The third-order valence-electron chi connectivity index (χ3n) is 2.02. The zero-order valence-electron chi connectivity index (χ0n) is 9.10. The molecule has 0 atom stereocenters. The summed E-state index contributed by atoms with van der Waals surface area (Å²) in [5.41, 5.74) is 0. The normalized spacial score (nSPS) is 11.9. The highest BCUT2D eigenvalue weighted by atomic mass is 35.5. The highest BCUT2D eigenvalue weighted by Crippen LogP contribution is 2.23.